The van der Waals surface area contributed by atoms with E-state index in [2.05, 4.69) is 10.0 Å². The average molecular weight is 311 g/mol. The van der Waals surface area contributed by atoms with Gasteiger partial charge < -0.3 is 11.1 Å². The molecule has 2 rings (SSSR count). The molecule has 1 saturated carbocycles. The Labute approximate surface area is 125 Å². The van der Waals surface area contributed by atoms with Gasteiger partial charge in [-0.25, -0.2) is 13.1 Å². The third kappa shape index (κ3) is 4.52. The van der Waals surface area contributed by atoms with E-state index in [1.807, 2.05) is 0 Å². The first-order valence-corrected chi connectivity index (χ1v) is 8.51. The van der Waals surface area contributed by atoms with E-state index in [9.17, 15) is 13.2 Å². The minimum Gasteiger partial charge on any atom is -0.348 e. The van der Waals surface area contributed by atoms with E-state index < -0.39 is 10.0 Å². The number of nitrogens with one attached hydrogen (secondary N) is 2. The van der Waals surface area contributed by atoms with Gasteiger partial charge in [-0.15, -0.1) is 0 Å². The molecule has 21 heavy (non-hydrogen) atoms. The van der Waals surface area contributed by atoms with Gasteiger partial charge in [-0.2, -0.15) is 0 Å². The van der Waals surface area contributed by atoms with Crippen LogP contribution >= 0.6 is 0 Å². The predicted octanol–water partition coefficient (Wildman–Crippen LogP) is 0.452. The van der Waals surface area contributed by atoms with E-state index in [1.54, 1.807) is 19.1 Å². The summed E-state index contributed by atoms with van der Waals surface area (Å²) in [5.41, 5.74) is 5.76. The second-order valence-electron chi connectivity index (χ2n) is 5.43. The van der Waals surface area contributed by atoms with E-state index in [4.69, 9.17) is 5.73 Å². The fourth-order valence-electron chi connectivity index (χ4n) is 1.80. The SMILES string of the molecule is C[C@@H](CN)NC(=O)c1cccc(S(=O)(=O)NCC2CC2)c1. The Hall–Kier alpha value is -1.44. The smallest absolute Gasteiger partial charge is 0.251 e. The Morgan fingerprint density at radius 2 is 2.14 bits per heavy atom. The van der Waals surface area contributed by atoms with Gasteiger partial charge in [0.2, 0.25) is 10.0 Å². The molecule has 7 heteroatoms. The van der Waals surface area contributed by atoms with Crippen LogP contribution in [0.4, 0.5) is 0 Å². The van der Waals surface area contributed by atoms with Gasteiger partial charge in [0.25, 0.3) is 5.91 Å². The van der Waals surface area contributed by atoms with Crippen LogP contribution in [0.2, 0.25) is 0 Å². The van der Waals surface area contributed by atoms with Crippen LogP contribution in [-0.4, -0.2) is 33.5 Å². The number of carbonyl (C=O) groups excluding carboxylic acids is 1. The summed E-state index contributed by atoms with van der Waals surface area (Å²) in [6.45, 7) is 2.57. The van der Waals surface area contributed by atoms with Crippen LogP contribution in [0.25, 0.3) is 0 Å². The quantitative estimate of drug-likeness (QED) is 0.680. The highest BCUT2D eigenvalue weighted by Gasteiger charge is 2.24. The van der Waals surface area contributed by atoms with Crippen molar-refractivity contribution in [3.63, 3.8) is 0 Å². The lowest BCUT2D eigenvalue weighted by Gasteiger charge is -2.12. The molecule has 0 aromatic heterocycles. The molecule has 1 atom stereocenters. The average Bonchev–Trinajstić information content (AvgIpc) is 3.29. The molecular formula is C14H21N3O3S. The normalized spacial score (nSPS) is 16.5. The summed E-state index contributed by atoms with van der Waals surface area (Å²) in [7, 11) is -3.56. The zero-order chi connectivity index (χ0) is 15.5. The lowest BCUT2D eigenvalue weighted by atomic mass is 10.2. The maximum absolute atomic E-state index is 12.2. The molecule has 0 radical (unpaired) electrons. The van der Waals surface area contributed by atoms with Gasteiger partial charge in [-0.05, 0) is 43.9 Å². The predicted molar refractivity (Wildman–Crippen MR) is 80.3 cm³/mol. The molecule has 1 fully saturated rings. The van der Waals surface area contributed by atoms with E-state index in [0.717, 1.165) is 12.8 Å². The minimum atomic E-state index is -3.56. The van der Waals surface area contributed by atoms with Gasteiger partial charge in [0.05, 0.1) is 4.90 Å². The highest BCUT2D eigenvalue weighted by Crippen LogP contribution is 2.28. The molecule has 0 unspecified atom stereocenters. The van der Waals surface area contributed by atoms with Crippen molar-refractivity contribution >= 4 is 15.9 Å². The summed E-state index contributed by atoms with van der Waals surface area (Å²) in [4.78, 5) is 12.1. The first-order chi connectivity index (χ1) is 9.92. The molecular weight excluding hydrogens is 290 g/mol. The zero-order valence-electron chi connectivity index (χ0n) is 12.0. The van der Waals surface area contributed by atoms with Gasteiger partial charge in [0.1, 0.15) is 0 Å². The Balaban J connectivity index is 2.10. The number of sulfonamides is 1. The Morgan fingerprint density at radius 1 is 1.43 bits per heavy atom. The highest BCUT2D eigenvalue weighted by atomic mass is 32.2. The lowest BCUT2D eigenvalue weighted by Crippen LogP contribution is -2.37. The van der Waals surface area contributed by atoms with Gasteiger partial charge in [0.15, 0.2) is 0 Å². The number of benzene rings is 1. The molecule has 1 aliphatic rings. The van der Waals surface area contributed by atoms with Crippen LogP contribution in [0.5, 0.6) is 0 Å². The molecule has 0 saturated heterocycles. The standard InChI is InChI=1S/C14H21N3O3S/c1-10(8-15)17-14(18)12-3-2-4-13(7-12)21(19,20)16-9-11-5-6-11/h2-4,7,10-11,16H,5-6,8-9,15H2,1H3,(H,17,18)/t10-/m0/s1. The Kier molecular flexibility index (Phi) is 4.97. The van der Waals surface area contributed by atoms with Crippen molar-refractivity contribution in [1.82, 2.24) is 10.0 Å². The summed E-state index contributed by atoms with van der Waals surface area (Å²) >= 11 is 0. The summed E-state index contributed by atoms with van der Waals surface area (Å²) < 4.78 is 26.9. The molecule has 0 heterocycles. The number of hydrogen-bond donors (Lipinski definition) is 3. The molecule has 1 aromatic rings. The monoisotopic (exact) mass is 311 g/mol. The van der Waals surface area contributed by atoms with Gasteiger partial charge >= 0.3 is 0 Å². The van der Waals surface area contributed by atoms with E-state index in [1.165, 1.54) is 12.1 Å². The van der Waals surface area contributed by atoms with Crippen LogP contribution in [-0.2, 0) is 10.0 Å². The van der Waals surface area contributed by atoms with Gasteiger partial charge in [-0.1, -0.05) is 6.07 Å². The molecule has 0 aliphatic heterocycles. The molecule has 116 valence electrons. The van der Waals surface area contributed by atoms with Gasteiger partial charge in [-0.3, -0.25) is 4.79 Å². The largest absolute Gasteiger partial charge is 0.348 e. The van der Waals surface area contributed by atoms with Crippen LogP contribution in [0.3, 0.4) is 0 Å². The van der Waals surface area contributed by atoms with Crippen molar-refractivity contribution in [2.24, 2.45) is 11.7 Å². The first-order valence-electron chi connectivity index (χ1n) is 7.03. The number of amides is 1. The van der Waals surface area contributed by atoms with Crippen molar-refractivity contribution in [3.8, 4) is 0 Å². The molecule has 1 aliphatic carbocycles. The fraction of sp³-hybridized carbons (Fsp3) is 0.500. The lowest BCUT2D eigenvalue weighted by molar-refractivity contribution is 0.0941. The molecule has 0 bridgehead atoms. The third-order valence-electron chi connectivity index (χ3n) is 3.40. The summed E-state index contributed by atoms with van der Waals surface area (Å²) in [6.07, 6.45) is 2.14. The molecule has 6 nitrogen and oxygen atoms in total. The Morgan fingerprint density at radius 3 is 2.76 bits per heavy atom. The van der Waals surface area contributed by atoms with E-state index >= 15 is 0 Å². The minimum absolute atomic E-state index is 0.108. The number of hydrogen-bond acceptors (Lipinski definition) is 4. The number of nitrogens with two attached hydrogens (primary N) is 1. The van der Waals surface area contributed by atoms with Crippen molar-refractivity contribution in [2.75, 3.05) is 13.1 Å². The Bertz CT molecular complexity index is 612. The highest BCUT2D eigenvalue weighted by molar-refractivity contribution is 7.89. The van der Waals surface area contributed by atoms with Crippen LogP contribution in [0, 0.1) is 5.92 Å². The summed E-state index contributed by atoms with van der Waals surface area (Å²) in [5.74, 6) is 0.129. The van der Waals surface area contributed by atoms with Gasteiger partial charge in [0, 0.05) is 24.7 Å². The number of carbonyl (C=O) groups is 1. The molecule has 0 spiro atoms. The maximum atomic E-state index is 12.2. The topological polar surface area (TPSA) is 101 Å². The summed E-state index contributed by atoms with van der Waals surface area (Å²) in [6, 6.07) is 5.85. The number of rotatable bonds is 7. The molecule has 1 aromatic carbocycles. The fourth-order valence-corrected chi connectivity index (χ4v) is 2.97. The third-order valence-corrected chi connectivity index (χ3v) is 4.82. The van der Waals surface area contributed by atoms with Crippen molar-refractivity contribution in [3.05, 3.63) is 29.8 Å². The maximum Gasteiger partial charge on any atom is 0.251 e. The second-order valence-corrected chi connectivity index (χ2v) is 7.20. The van der Waals surface area contributed by atoms with E-state index in [0.29, 0.717) is 24.6 Å². The van der Waals surface area contributed by atoms with E-state index in [-0.39, 0.29) is 16.8 Å². The second kappa shape index (κ2) is 6.55. The summed E-state index contributed by atoms with van der Waals surface area (Å²) in [5, 5.41) is 2.71. The molecule has 4 N–H and O–H groups in total. The zero-order valence-corrected chi connectivity index (χ0v) is 12.8. The van der Waals surface area contributed by atoms with Crippen molar-refractivity contribution in [2.45, 2.75) is 30.7 Å². The van der Waals surface area contributed by atoms with Crippen molar-refractivity contribution in [1.29, 1.82) is 0 Å². The van der Waals surface area contributed by atoms with Crippen LogP contribution in [0.1, 0.15) is 30.1 Å². The molecule has 1 amide bonds. The van der Waals surface area contributed by atoms with Crippen LogP contribution < -0.4 is 15.8 Å². The van der Waals surface area contributed by atoms with Crippen molar-refractivity contribution < 1.29 is 13.2 Å². The van der Waals surface area contributed by atoms with Crippen LogP contribution in [0.15, 0.2) is 29.2 Å². The first kappa shape index (κ1) is 15.9.